The Morgan fingerprint density at radius 2 is 2.08 bits per heavy atom. The molecule has 1 unspecified atom stereocenters. The SMILES string of the molecule is CNC(=O)c1cc(-c2cc(C3CNCCN3C(C)=O)cc(Cl)n2)ncn1. The number of rotatable bonds is 3. The van der Waals surface area contributed by atoms with Gasteiger partial charge in [-0.05, 0) is 23.8 Å². The van der Waals surface area contributed by atoms with Gasteiger partial charge in [0.25, 0.3) is 5.91 Å². The molecule has 2 aromatic rings. The molecule has 1 atom stereocenters. The van der Waals surface area contributed by atoms with Crippen molar-refractivity contribution in [1.29, 1.82) is 0 Å². The molecule has 0 saturated carbocycles. The summed E-state index contributed by atoms with van der Waals surface area (Å²) in [6.45, 7) is 3.57. The summed E-state index contributed by atoms with van der Waals surface area (Å²) < 4.78 is 0. The molecule has 1 aliphatic heterocycles. The topological polar surface area (TPSA) is 100 Å². The molecular formula is C17H19ClN6O2. The molecule has 0 bridgehead atoms. The Kier molecular flexibility index (Phi) is 5.43. The van der Waals surface area contributed by atoms with Crippen molar-refractivity contribution in [2.24, 2.45) is 0 Å². The lowest BCUT2D eigenvalue weighted by Gasteiger charge is -2.36. The Balaban J connectivity index is 2.00. The first-order chi connectivity index (χ1) is 12.5. The fraction of sp³-hybridized carbons (Fsp3) is 0.353. The smallest absolute Gasteiger partial charge is 0.269 e. The van der Waals surface area contributed by atoms with Crippen LogP contribution < -0.4 is 10.6 Å². The van der Waals surface area contributed by atoms with Crippen LogP contribution in [0, 0.1) is 0 Å². The molecule has 136 valence electrons. The van der Waals surface area contributed by atoms with Crippen LogP contribution in [0.5, 0.6) is 0 Å². The van der Waals surface area contributed by atoms with Gasteiger partial charge in [0.15, 0.2) is 0 Å². The summed E-state index contributed by atoms with van der Waals surface area (Å²) in [5, 5.41) is 6.12. The molecule has 1 saturated heterocycles. The lowest BCUT2D eigenvalue weighted by atomic mass is 10.0. The Bertz CT molecular complexity index is 844. The van der Waals surface area contributed by atoms with Crippen LogP contribution in [0.1, 0.15) is 29.0 Å². The standard InChI is InChI=1S/C17H19ClN6O2/c1-10(25)24-4-3-20-8-15(24)11-5-13(23-16(18)6-11)12-7-14(17(26)19-2)22-9-21-12/h5-7,9,15,20H,3-4,8H2,1-2H3,(H,19,26). The monoisotopic (exact) mass is 374 g/mol. The number of halogens is 1. The minimum Gasteiger partial charge on any atom is -0.354 e. The van der Waals surface area contributed by atoms with Crippen LogP contribution in [-0.4, -0.2) is 58.3 Å². The molecule has 3 rings (SSSR count). The molecule has 2 N–H and O–H groups in total. The first-order valence-corrected chi connectivity index (χ1v) is 8.57. The first kappa shape index (κ1) is 18.2. The fourth-order valence-corrected chi connectivity index (χ4v) is 3.19. The number of hydrogen-bond donors (Lipinski definition) is 2. The van der Waals surface area contributed by atoms with Gasteiger partial charge >= 0.3 is 0 Å². The van der Waals surface area contributed by atoms with Crippen LogP contribution in [0.25, 0.3) is 11.4 Å². The van der Waals surface area contributed by atoms with E-state index in [9.17, 15) is 9.59 Å². The zero-order chi connectivity index (χ0) is 18.7. The zero-order valence-electron chi connectivity index (χ0n) is 14.5. The Labute approximate surface area is 156 Å². The summed E-state index contributed by atoms with van der Waals surface area (Å²) in [4.78, 5) is 38.0. The molecule has 26 heavy (non-hydrogen) atoms. The maximum absolute atomic E-state index is 12.0. The number of carbonyl (C=O) groups excluding carboxylic acids is 2. The molecular weight excluding hydrogens is 356 g/mol. The van der Waals surface area contributed by atoms with Crippen molar-refractivity contribution < 1.29 is 9.59 Å². The number of carbonyl (C=O) groups is 2. The van der Waals surface area contributed by atoms with Gasteiger partial charge in [0.2, 0.25) is 5.91 Å². The van der Waals surface area contributed by atoms with Gasteiger partial charge < -0.3 is 15.5 Å². The molecule has 0 spiro atoms. The maximum Gasteiger partial charge on any atom is 0.269 e. The van der Waals surface area contributed by atoms with E-state index < -0.39 is 0 Å². The molecule has 9 heteroatoms. The van der Waals surface area contributed by atoms with Crippen molar-refractivity contribution in [3.8, 4) is 11.4 Å². The highest BCUT2D eigenvalue weighted by Gasteiger charge is 2.26. The number of aromatic nitrogens is 3. The van der Waals surface area contributed by atoms with Gasteiger partial charge in [0.1, 0.15) is 17.2 Å². The number of hydrogen-bond acceptors (Lipinski definition) is 6. The number of nitrogens with zero attached hydrogens (tertiary/aromatic N) is 4. The minimum atomic E-state index is -0.310. The normalized spacial score (nSPS) is 17.0. The summed E-state index contributed by atoms with van der Waals surface area (Å²) >= 11 is 6.22. The molecule has 1 fully saturated rings. The second-order valence-corrected chi connectivity index (χ2v) is 6.30. The Morgan fingerprint density at radius 3 is 2.81 bits per heavy atom. The van der Waals surface area contributed by atoms with Crippen LogP contribution in [-0.2, 0) is 4.79 Å². The van der Waals surface area contributed by atoms with E-state index in [-0.39, 0.29) is 23.6 Å². The highest BCUT2D eigenvalue weighted by atomic mass is 35.5. The number of piperazine rings is 1. The van der Waals surface area contributed by atoms with Crippen LogP contribution in [0.4, 0.5) is 0 Å². The third-order valence-corrected chi connectivity index (χ3v) is 4.43. The molecule has 2 amide bonds. The summed E-state index contributed by atoms with van der Waals surface area (Å²) in [7, 11) is 1.53. The quantitative estimate of drug-likeness (QED) is 0.779. The van der Waals surface area contributed by atoms with E-state index in [1.807, 2.05) is 11.0 Å². The highest BCUT2D eigenvalue weighted by molar-refractivity contribution is 6.29. The van der Waals surface area contributed by atoms with E-state index in [1.165, 1.54) is 13.4 Å². The lowest BCUT2D eigenvalue weighted by Crippen LogP contribution is -2.47. The van der Waals surface area contributed by atoms with Crippen molar-refractivity contribution in [2.75, 3.05) is 26.7 Å². The van der Waals surface area contributed by atoms with E-state index in [1.54, 1.807) is 19.1 Å². The molecule has 2 aromatic heterocycles. The van der Waals surface area contributed by atoms with Gasteiger partial charge in [0.05, 0.1) is 17.4 Å². The zero-order valence-corrected chi connectivity index (χ0v) is 15.2. The van der Waals surface area contributed by atoms with Gasteiger partial charge in [0, 0.05) is 33.6 Å². The van der Waals surface area contributed by atoms with Crippen molar-refractivity contribution in [3.05, 3.63) is 40.9 Å². The van der Waals surface area contributed by atoms with Gasteiger partial charge in [-0.25, -0.2) is 15.0 Å². The molecule has 0 radical (unpaired) electrons. The molecule has 3 heterocycles. The Morgan fingerprint density at radius 1 is 1.27 bits per heavy atom. The van der Waals surface area contributed by atoms with Crippen molar-refractivity contribution >= 4 is 23.4 Å². The van der Waals surface area contributed by atoms with E-state index in [2.05, 4.69) is 25.6 Å². The summed E-state index contributed by atoms with van der Waals surface area (Å²) in [5.74, 6) is -0.301. The third-order valence-electron chi connectivity index (χ3n) is 4.24. The predicted octanol–water partition coefficient (Wildman–Crippen LogP) is 1.04. The van der Waals surface area contributed by atoms with Crippen LogP contribution in [0.15, 0.2) is 24.5 Å². The van der Waals surface area contributed by atoms with Gasteiger partial charge in [-0.15, -0.1) is 0 Å². The summed E-state index contributed by atoms with van der Waals surface area (Å²) in [6, 6.07) is 5.01. The maximum atomic E-state index is 12.0. The second kappa shape index (κ2) is 7.76. The molecule has 0 aromatic carbocycles. The lowest BCUT2D eigenvalue weighted by molar-refractivity contribution is -0.132. The summed E-state index contributed by atoms with van der Waals surface area (Å²) in [5.41, 5.74) is 2.11. The number of nitrogens with one attached hydrogen (secondary N) is 2. The van der Waals surface area contributed by atoms with Gasteiger partial charge in [-0.1, -0.05) is 11.6 Å². The highest BCUT2D eigenvalue weighted by Crippen LogP contribution is 2.28. The minimum absolute atomic E-state index is 0.00919. The predicted molar refractivity (Wildman–Crippen MR) is 96.7 cm³/mol. The van der Waals surface area contributed by atoms with Gasteiger partial charge in [-0.2, -0.15) is 0 Å². The van der Waals surface area contributed by atoms with E-state index >= 15 is 0 Å². The fourth-order valence-electron chi connectivity index (χ4n) is 2.97. The largest absolute Gasteiger partial charge is 0.354 e. The number of pyridine rings is 1. The van der Waals surface area contributed by atoms with Crippen LogP contribution >= 0.6 is 11.6 Å². The van der Waals surface area contributed by atoms with Gasteiger partial charge in [-0.3, -0.25) is 9.59 Å². The van der Waals surface area contributed by atoms with Crippen LogP contribution in [0.3, 0.4) is 0 Å². The second-order valence-electron chi connectivity index (χ2n) is 5.91. The summed E-state index contributed by atoms with van der Waals surface area (Å²) in [6.07, 6.45) is 1.31. The molecule has 0 aliphatic carbocycles. The number of amides is 2. The molecule has 8 nitrogen and oxygen atoms in total. The van der Waals surface area contributed by atoms with E-state index in [4.69, 9.17) is 11.6 Å². The average Bonchev–Trinajstić information content (AvgIpc) is 2.67. The third kappa shape index (κ3) is 3.81. The average molecular weight is 375 g/mol. The van der Waals surface area contributed by atoms with Crippen molar-refractivity contribution in [3.63, 3.8) is 0 Å². The van der Waals surface area contributed by atoms with Crippen molar-refractivity contribution in [2.45, 2.75) is 13.0 Å². The Hall–Kier alpha value is -2.58. The van der Waals surface area contributed by atoms with Crippen LogP contribution in [0.2, 0.25) is 5.15 Å². The van der Waals surface area contributed by atoms with E-state index in [0.29, 0.717) is 29.6 Å². The van der Waals surface area contributed by atoms with Crippen molar-refractivity contribution in [1.82, 2.24) is 30.5 Å². The van der Waals surface area contributed by atoms with E-state index in [0.717, 1.165) is 12.1 Å². The first-order valence-electron chi connectivity index (χ1n) is 8.19. The molecule has 1 aliphatic rings.